The number of hydrogen-bond donors (Lipinski definition) is 2. The molecule has 0 bridgehead atoms. The van der Waals surface area contributed by atoms with Crippen LogP contribution in [0, 0.1) is 5.82 Å². The number of para-hydroxylation sites is 1. The number of carbonyl (C=O) groups excluding carboxylic acids is 2. The summed E-state index contributed by atoms with van der Waals surface area (Å²) in [5.41, 5.74) is 0.847. The second kappa shape index (κ2) is 7.76. The van der Waals surface area contributed by atoms with E-state index in [1.54, 1.807) is 30.3 Å². The van der Waals surface area contributed by atoms with Gasteiger partial charge in [-0.25, -0.2) is 4.39 Å². The SMILES string of the molecule is C[NH+](C)CCN1C(=O)C(O)=C(C(=O)c2cc3ccccc3o2)[C@@H]1c1cccc(F)c1. The normalized spacial score (nSPS) is 16.9. The van der Waals surface area contributed by atoms with Crippen LogP contribution in [0.1, 0.15) is 22.2 Å². The number of benzene rings is 2. The standard InChI is InChI=1S/C23H21FN2O4/c1-25(2)10-11-26-20(15-7-5-8-16(24)12-15)19(22(28)23(26)29)21(27)18-13-14-6-3-4-9-17(14)30-18/h3-9,12-13,20,28H,10-11H2,1-2H3/p+1/t20-/m0/s1. The summed E-state index contributed by atoms with van der Waals surface area (Å²) < 4.78 is 19.6. The molecule has 0 radical (unpaired) electrons. The van der Waals surface area contributed by atoms with Gasteiger partial charge in [-0.2, -0.15) is 0 Å². The van der Waals surface area contributed by atoms with Crippen LogP contribution in [-0.2, 0) is 4.79 Å². The predicted molar refractivity (Wildman–Crippen MR) is 109 cm³/mol. The molecule has 0 saturated heterocycles. The third-order valence-electron chi connectivity index (χ3n) is 5.21. The van der Waals surface area contributed by atoms with Crippen LogP contribution in [-0.4, -0.2) is 48.9 Å². The Morgan fingerprint density at radius 2 is 1.93 bits per heavy atom. The molecule has 1 atom stereocenters. The number of aliphatic hydroxyl groups is 1. The van der Waals surface area contributed by atoms with Crippen molar-refractivity contribution in [2.45, 2.75) is 6.04 Å². The van der Waals surface area contributed by atoms with Gasteiger partial charge in [-0.1, -0.05) is 30.3 Å². The number of Topliss-reactive ketones (excluding diaryl/α,β-unsaturated/α-hetero) is 1. The molecule has 0 unspecified atom stereocenters. The molecule has 0 saturated carbocycles. The van der Waals surface area contributed by atoms with Gasteiger partial charge in [0, 0.05) is 5.39 Å². The number of amides is 1. The van der Waals surface area contributed by atoms with E-state index in [0.717, 1.165) is 10.3 Å². The summed E-state index contributed by atoms with van der Waals surface area (Å²) in [6, 6.07) is 13.6. The Morgan fingerprint density at radius 3 is 2.63 bits per heavy atom. The fourth-order valence-corrected chi connectivity index (χ4v) is 3.71. The van der Waals surface area contributed by atoms with Gasteiger partial charge in [0.2, 0.25) is 5.78 Å². The second-order valence-electron chi connectivity index (χ2n) is 7.65. The summed E-state index contributed by atoms with van der Waals surface area (Å²) in [4.78, 5) is 28.7. The molecule has 154 valence electrons. The first-order valence-electron chi connectivity index (χ1n) is 9.68. The average molecular weight is 409 g/mol. The molecule has 0 fully saturated rings. The Balaban J connectivity index is 1.79. The predicted octanol–water partition coefficient (Wildman–Crippen LogP) is 2.29. The number of aliphatic hydroxyl groups excluding tert-OH is 1. The van der Waals surface area contributed by atoms with Crippen LogP contribution in [0.15, 0.2) is 70.3 Å². The summed E-state index contributed by atoms with van der Waals surface area (Å²) in [5, 5.41) is 11.4. The lowest BCUT2D eigenvalue weighted by Crippen LogP contribution is -3.06. The zero-order valence-corrected chi connectivity index (χ0v) is 16.7. The first-order valence-corrected chi connectivity index (χ1v) is 9.68. The van der Waals surface area contributed by atoms with Gasteiger partial charge in [0.05, 0.1) is 38.8 Å². The lowest BCUT2D eigenvalue weighted by Gasteiger charge is -2.27. The highest BCUT2D eigenvalue weighted by molar-refractivity contribution is 6.16. The Hall–Kier alpha value is -3.45. The Morgan fingerprint density at radius 1 is 1.17 bits per heavy atom. The summed E-state index contributed by atoms with van der Waals surface area (Å²) in [6.45, 7) is 0.889. The summed E-state index contributed by atoms with van der Waals surface area (Å²) in [7, 11) is 3.87. The van der Waals surface area contributed by atoms with Crippen molar-refractivity contribution < 1.29 is 28.4 Å². The third-order valence-corrected chi connectivity index (χ3v) is 5.21. The van der Waals surface area contributed by atoms with E-state index in [1.165, 1.54) is 23.1 Å². The molecule has 1 aliphatic heterocycles. The maximum Gasteiger partial charge on any atom is 0.290 e. The van der Waals surface area contributed by atoms with E-state index in [1.807, 2.05) is 20.2 Å². The number of rotatable bonds is 6. The highest BCUT2D eigenvalue weighted by atomic mass is 19.1. The van der Waals surface area contributed by atoms with Crippen LogP contribution in [0.5, 0.6) is 0 Å². The van der Waals surface area contributed by atoms with Crippen LogP contribution in [0.3, 0.4) is 0 Å². The molecule has 30 heavy (non-hydrogen) atoms. The molecule has 1 aliphatic rings. The van der Waals surface area contributed by atoms with Gasteiger partial charge in [0.25, 0.3) is 5.91 Å². The lowest BCUT2D eigenvalue weighted by molar-refractivity contribution is -0.857. The number of furan rings is 1. The molecule has 2 heterocycles. The summed E-state index contributed by atoms with van der Waals surface area (Å²) >= 11 is 0. The number of likely N-dealkylation sites (N-methyl/N-ethyl adjacent to an activating group) is 1. The molecule has 1 amide bonds. The Bertz CT molecular complexity index is 1130. The smallest absolute Gasteiger partial charge is 0.290 e. The highest BCUT2D eigenvalue weighted by Gasteiger charge is 2.44. The number of hydrogen-bond acceptors (Lipinski definition) is 4. The van der Waals surface area contributed by atoms with Crippen molar-refractivity contribution in [2.24, 2.45) is 0 Å². The second-order valence-corrected chi connectivity index (χ2v) is 7.65. The van der Waals surface area contributed by atoms with Gasteiger partial charge in [-0.15, -0.1) is 0 Å². The fraction of sp³-hybridized carbons (Fsp3) is 0.217. The van der Waals surface area contributed by atoms with Crippen molar-refractivity contribution >= 4 is 22.7 Å². The number of carbonyl (C=O) groups is 2. The van der Waals surface area contributed by atoms with E-state index in [2.05, 4.69) is 0 Å². The monoisotopic (exact) mass is 409 g/mol. The first-order chi connectivity index (χ1) is 14.4. The Labute approximate surface area is 172 Å². The molecule has 7 heteroatoms. The molecule has 6 nitrogen and oxygen atoms in total. The quantitative estimate of drug-likeness (QED) is 0.613. The molecule has 3 aromatic rings. The van der Waals surface area contributed by atoms with E-state index >= 15 is 0 Å². The molecule has 0 spiro atoms. The summed E-state index contributed by atoms with van der Waals surface area (Å²) in [5.74, 6) is -2.33. The van der Waals surface area contributed by atoms with E-state index < -0.39 is 29.3 Å². The van der Waals surface area contributed by atoms with Crippen molar-refractivity contribution in [3.63, 3.8) is 0 Å². The molecule has 2 N–H and O–H groups in total. The number of nitrogens with zero attached hydrogens (tertiary/aromatic N) is 1. The molecule has 0 aliphatic carbocycles. The van der Waals surface area contributed by atoms with Gasteiger partial charge < -0.3 is 19.3 Å². The minimum absolute atomic E-state index is 0.0204. The third kappa shape index (κ3) is 3.48. The maximum atomic E-state index is 14.0. The van der Waals surface area contributed by atoms with Crippen molar-refractivity contribution in [3.05, 3.63) is 83.1 Å². The molecule has 2 aromatic carbocycles. The number of fused-ring (bicyclic) bond motifs is 1. The number of halogens is 1. The van der Waals surface area contributed by atoms with E-state index in [4.69, 9.17) is 4.42 Å². The van der Waals surface area contributed by atoms with Gasteiger partial charge >= 0.3 is 0 Å². The molecular formula is C23H22FN2O4+. The first kappa shape index (κ1) is 19.8. The zero-order chi connectivity index (χ0) is 21.4. The van der Waals surface area contributed by atoms with Gasteiger partial charge in [-0.05, 0) is 29.8 Å². The van der Waals surface area contributed by atoms with Crippen molar-refractivity contribution in [2.75, 3.05) is 27.2 Å². The topological polar surface area (TPSA) is 75.2 Å². The van der Waals surface area contributed by atoms with Crippen LogP contribution < -0.4 is 4.90 Å². The number of quaternary nitrogens is 1. The Kier molecular flexibility index (Phi) is 5.13. The fourth-order valence-electron chi connectivity index (χ4n) is 3.71. The van der Waals surface area contributed by atoms with E-state index in [9.17, 15) is 19.1 Å². The highest BCUT2D eigenvalue weighted by Crippen LogP contribution is 2.39. The van der Waals surface area contributed by atoms with Crippen molar-refractivity contribution in [1.82, 2.24) is 4.90 Å². The molecule has 1 aromatic heterocycles. The van der Waals surface area contributed by atoms with Crippen molar-refractivity contribution in [3.8, 4) is 0 Å². The lowest BCUT2D eigenvalue weighted by atomic mass is 9.95. The number of nitrogens with one attached hydrogen (secondary N) is 1. The minimum Gasteiger partial charge on any atom is -0.503 e. The van der Waals surface area contributed by atoms with Gasteiger partial charge in [0.1, 0.15) is 11.4 Å². The van der Waals surface area contributed by atoms with Crippen LogP contribution in [0.2, 0.25) is 0 Å². The van der Waals surface area contributed by atoms with Gasteiger partial charge in [0.15, 0.2) is 11.5 Å². The minimum atomic E-state index is -0.895. The van der Waals surface area contributed by atoms with Crippen LogP contribution in [0.4, 0.5) is 4.39 Å². The van der Waals surface area contributed by atoms with Crippen LogP contribution in [0.25, 0.3) is 11.0 Å². The largest absolute Gasteiger partial charge is 0.503 e. The van der Waals surface area contributed by atoms with E-state index in [-0.39, 0.29) is 11.3 Å². The summed E-state index contributed by atoms with van der Waals surface area (Å²) in [6.07, 6.45) is 0. The average Bonchev–Trinajstić information content (AvgIpc) is 3.26. The zero-order valence-electron chi connectivity index (χ0n) is 16.7. The van der Waals surface area contributed by atoms with Crippen molar-refractivity contribution in [1.29, 1.82) is 0 Å². The number of ketones is 1. The molecular weight excluding hydrogens is 387 g/mol. The van der Waals surface area contributed by atoms with Crippen LogP contribution >= 0.6 is 0 Å². The molecule has 4 rings (SSSR count). The van der Waals surface area contributed by atoms with E-state index in [0.29, 0.717) is 24.2 Å². The maximum absolute atomic E-state index is 14.0. The van der Waals surface area contributed by atoms with Gasteiger partial charge in [-0.3, -0.25) is 9.59 Å².